The summed E-state index contributed by atoms with van der Waals surface area (Å²) in [4.78, 5) is -0.159. The monoisotopic (exact) mass is 264 g/mol. The summed E-state index contributed by atoms with van der Waals surface area (Å²) in [5.41, 5.74) is 3.91. The van der Waals surface area contributed by atoms with Gasteiger partial charge in [-0.15, -0.1) is 0 Å². The van der Waals surface area contributed by atoms with E-state index in [2.05, 4.69) is 9.82 Å². The first-order valence-corrected chi connectivity index (χ1v) is 6.28. The summed E-state index contributed by atoms with van der Waals surface area (Å²) in [6, 6.07) is 0. The van der Waals surface area contributed by atoms with Crippen LogP contribution in [0.3, 0.4) is 0 Å². The van der Waals surface area contributed by atoms with Crippen LogP contribution in [-0.4, -0.2) is 47.2 Å². The molecule has 0 aromatic carbocycles. The predicted molar refractivity (Wildman–Crippen MR) is 60.5 cm³/mol. The molecule has 0 spiro atoms. The number of nitrogen functional groups attached to an aromatic ring is 1. The van der Waals surface area contributed by atoms with Crippen LogP contribution in [0.15, 0.2) is 11.1 Å². The van der Waals surface area contributed by atoms with Gasteiger partial charge in [-0.05, 0) is 6.92 Å². The molecule has 1 atom stereocenters. The highest BCUT2D eigenvalue weighted by Gasteiger charge is 2.25. The van der Waals surface area contributed by atoms with Gasteiger partial charge in [0.15, 0.2) is 5.82 Å². The fourth-order valence-electron chi connectivity index (χ4n) is 1.08. The number of nitrogens with two attached hydrogens (primary N) is 1. The standard InChI is InChI=1S/C8H16N4O4S/c1-8(14,5-13)4-10-17(15,16)6-3-12(2)11-7(6)9/h3,10,13-14H,4-5H2,1-2H3,(H2,9,11). The van der Waals surface area contributed by atoms with Crippen LogP contribution in [0.2, 0.25) is 0 Å². The molecule has 1 aromatic heterocycles. The highest BCUT2D eigenvalue weighted by atomic mass is 32.2. The summed E-state index contributed by atoms with van der Waals surface area (Å²) < 4.78 is 27.0. The van der Waals surface area contributed by atoms with Crippen LogP contribution in [-0.2, 0) is 17.1 Å². The van der Waals surface area contributed by atoms with E-state index in [-0.39, 0.29) is 17.3 Å². The summed E-state index contributed by atoms with van der Waals surface area (Å²) in [5, 5.41) is 22.0. The van der Waals surface area contributed by atoms with Crippen molar-refractivity contribution >= 4 is 15.8 Å². The molecule has 0 radical (unpaired) electrons. The molecule has 0 amide bonds. The third kappa shape index (κ3) is 3.40. The molecule has 1 rings (SSSR count). The summed E-state index contributed by atoms with van der Waals surface area (Å²) in [5.74, 6) is -0.122. The maximum Gasteiger partial charge on any atom is 0.245 e. The quantitative estimate of drug-likeness (QED) is 0.487. The average molecular weight is 264 g/mol. The minimum Gasteiger partial charge on any atom is -0.393 e. The summed E-state index contributed by atoms with van der Waals surface area (Å²) in [6.07, 6.45) is 1.26. The van der Waals surface area contributed by atoms with Crippen molar-refractivity contribution in [1.29, 1.82) is 0 Å². The highest BCUT2D eigenvalue weighted by Crippen LogP contribution is 2.15. The number of aliphatic hydroxyl groups excluding tert-OH is 1. The number of nitrogens with one attached hydrogen (secondary N) is 1. The van der Waals surface area contributed by atoms with E-state index in [0.717, 1.165) is 0 Å². The Balaban J connectivity index is 2.87. The first-order chi connectivity index (χ1) is 7.68. The molecular formula is C8H16N4O4S. The fraction of sp³-hybridized carbons (Fsp3) is 0.625. The Labute approximate surface area is 99.1 Å². The van der Waals surface area contributed by atoms with Crippen molar-refractivity contribution in [3.63, 3.8) is 0 Å². The van der Waals surface area contributed by atoms with Crippen molar-refractivity contribution in [3.05, 3.63) is 6.20 Å². The van der Waals surface area contributed by atoms with Gasteiger partial charge in [0.2, 0.25) is 10.0 Å². The molecule has 0 saturated heterocycles. The lowest BCUT2D eigenvalue weighted by Gasteiger charge is -2.20. The normalized spacial score (nSPS) is 15.8. The van der Waals surface area contributed by atoms with E-state index in [1.807, 2.05) is 0 Å². The molecule has 1 aromatic rings. The molecule has 0 saturated carbocycles. The van der Waals surface area contributed by atoms with Crippen molar-refractivity contribution in [2.24, 2.45) is 7.05 Å². The Bertz CT molecular complexity index is 494. The van der Waals surface area contributed by atoms with Crippen LogP contribution in [0.25, 0.3) is 0 Å². The van der Waals surface area contributed by atoms with Gasteiger partial charge in [0.1, 0.15) is 4.90 Å². The largest absolute Gasteiger partial charge is 0.393 e. The van der Waals surface area contributed by atoms with E-state index in [1.165, 1.54) is 17.8 Å². The van der Waals surface area contributed by atoms with Gasteiger partial charge in [0.05, 0.1) is 12.2 Å². The third-order valence-electron chi connectivity index (χ3n) is 2.10. The van der Waals surface area contributed by atoms with E-state index in [4.69, 9.17) is 10.8 Å². The number of rotatable bonds is 5. The van der Waals surface area contributed by atoms with Crippen LogP contribution in [0.1, 0.15) is 6.92 Å². The first-order valence-electron chi connectivity index (χ1n) is 4.80. The van der Waals surface area contributed by atoms with Crippen LogP contribution in [0, 0.1) is 0 Å². The van der Waals surface area contributed by atoms with Crippen molar-refractivity contribution in [3.8, 4) is 0 Å². The summed E-state index contributed by atoms with van der Waals surface area (Å²) >= 11 is 0. The van der Waals surface area contributed by atoms with Crippen molar-refractivity contribution < 1.29 is 18.6 Å². The molecule has 5 N–H and O–H groups in total. The fourth-order valence-corrected chi connectivity index (χ4v) is 2.34. The lowest BCUT2D eigenvalue weighted by atomic mass is 10.1. The van der Waals surface area contributed by atoms with Gasteiger partial charge in [-0.25, -0.2) is 13.1 Å². The Kier molecular flexibility index (Phi) is 3.77. The molecule has 17 heavy (non-hydrogen) atoms. The maximum atomic E-state index is 11.8. The van der Waals surface area contributed by atoms with Gasteiger partial charge in [-0.1, -0.05) is 0 Å². The smallest absolute Gasteiger partial charge is 0.245 e. The molecule has 0 aliphatic heterocycles. The number of hydrogen-bond donors (Lipinski definition) is 4. The highest BCUT2D eigenvalue weighted by molar-refractivity contribution is 7.89. The molecule has 9 heteroatoms. The minimum atomic E-state index is -3.84. The Hall–Kier alpha value is -1.16. The number of sulfonamides is 1. The van der Waals surface area contributed by atoms with E-state index < -0.39 is 22.2 Å². The third-order valence-corrected chi connectivity index (χ3v) is 3.51. The number of aryl methyl sites for hydroxylation is 1. The summed E-state index contributed by atoms with van der Waals surface area (Å²) in [6.45, 7) is 0.431. The van der Waals surface area contributed by atoms with Crippen LogP contribution >= 0.6 is 0 Å². The second kappa shape index (κ2) is 4.61. The van der Waals surface area contributed by atoms with Crippen LogP contribution in [0.4, 0.5) is 5.82 Å². The van der Waals surface area contributed by atoms with Crippen molar-refractivity contribution in [2.75, 3.05) is 18.9 Å². The number of anilines is 1. The SMILES string of the molecule is Cn1cc(S(=O)(=O)NCC(C)(O)CO)c(N)n1. The molecule has 98 valence electrons. The van der Waals surface area contributed by atoms with Gasteiger partial charge in [0, 0.05) is 19.8 Å². The van der Waals surface area contributed by atoms with Gasteiger partial charge < -0.3 is 15.9 Å². The van der Waals surface area contributed by atoms with E-state index >= 15 is 0 Å². The zero-order valence-electron chi connectivity index (χ0n) is 9.58. The van der Waals surface area contributed by atoms with Crippen molar-refractivity contribution in [2.45, 2.75) is 17.4 Å². The van der Waals surface area contributed by atoms with Crippen LogP contribution in [0.5, 0.6) is 0 Å². The van der Waals surface area contributed by atoms with Crippen molar-refractivity contribution in [1.82, 2.24) is 14.5 Å². The topological polar surface area (TPSA) is 130 Å². The minimum absolute atomic E-state index is 0.122. The zero-order valence-corrected chi connectivity index (χ0v) is 10.4. The van der Waals surface area contributed by atoms with Gasteiger partial charge in [-0.3, -0.25) is 4.68 Å². The second-order valence-corrected chi connectivity index (χ2v) is 5.77. The molecule has 0 fully saturated rings. The average Bonchev–Trinajstić information content (AvgIpc) is 2.56. The lowest BCUT2D eigenvalue weighted by molar-refractivity contribution is 0.00681. The molecule has 0 aliphatic carbocycles. The first kappa shape index (κ1) is 13.9. The van der Waals surface area contributed by atoms with Gasteiger partial charge in [0.25, 0.3) is 0 Å². The van der Waals surface area contributed by atoms with E-state index in [0.29, 0.717) is 0 Å². The Morgan fingerprint density at radius 2 is 2.24 bits per heavy atom. The Morgan fingerprint density at radius 3 is 2.65 bits per heavy atom. The summed E-state index contributed by atoms with van der Waals surface area (Å²) in [7, 11) is -2.30. The van der Waals surface area contributed by atoms with Gasteiger partial charge >= 0.3 is 0 Å². The van der Waals surface area contributed by atoms with E-state index in [1.54, 1.807) is 7.05 Å². The number of hydrogen-bond acceptors (Lipinski definition) is 6. The molecule has 1 unspecified atom stereocenters. The molecular weight excluding hydrogens is 248 g/mol. The lowest BCUT2D eigenvalue weighted by Crippen LogP contribution is -2.43. The Morgan fingerprint density at radius 1 is 1.65 bits per heavy atom. The maximum absolute atomic E-state index is 11.8. The second-order valence-electron chi connectivity index (χ2n) is 4.03. The molecule has 0 aliphatic rings. The zero-order chi connectivity index (χ0) is 13.3. The molecule has 1 heterocycles. The molecule has 8 nitrogen and oxygen atoms in total. The van der Waals surface area contributed by atoms with E-state index in [9.17, 15) is 13.5 Å². The van der Waals surface area contributed by atoms with Crippen LogP contribution < -0.4 is 10.5 Å². The number of aromatic nitrogens is 2. The number of aliphatic hydroxyl groups is 2. The van der Waals surface area contributed by atoms with Gasteiger partial charge in [-0.2, -0.15) is 5.10 Å². The predicted octanol–water partition coefficient (Wildman–Crippen LogP) is -1.98. The number of nitrogens with zero attached hydrogens (tertiary/aromatic N) is 2. The molecule has 0 bridgehead atoms.